The van der Waals surface area contributed by atoms with Gasteiger partial charge in [0.1, 0.15) is 0 Å². The lowest BCUT2D eigenvalue weighted by Crippen LogP contribution is -2.26. The fourth-order valence-electron chi connectivity index (χ4n) is 1.91. The van der Waals surface area contributed by atoms with E-state index in [-0.39, 0.29) is 5.97 Å². The van der Waals surface area contributed by atoms with Gasteiger partial charge in [0.05, 0.1) is 7.11 Å². The number of rotatable bonds is 4. The Bertz CT molecular complexity index is 217. The molecule has 1 fully saturated rings. The van der Waals surface area contributed by atoms with Crippen LogP contribution in [0, 0.1) is 5.41 Å². The number of hydrogen-bond acceptors (Lipinski definition) is 3. The minimum Gasteiger partial charge on any atom is -0.466 e. The van der Waals surface area contributed by atoms with Crippen molar-refractivity contribution < 1.29 is 9.53 Å². The number of carbonyl (C=O) groups is 1. The van der Waals surface area contributed by atoms with Crippen LogP contribution in [0.3, 0.4) is 0 Å². The van der Waals surface area contributed by atoms with E-state index in [9.17, 15) is 4.79 Å². The third-order valence-electron chi connectivity index (χ3n) is 2.88. The highest BCUT2D eigenvalue weighted by molar-refractivity contribution is 5.81. The molecule has 1 rings (SSSR count). The zero-order valence-corrected chi connectivity index (χ0v) is 9.01. The maximum absolute atomic E-state index is 10.7. The molecule has 1 N–H and O–H groups in total. The van der Waals surface area contributed by atoms with Crippen molar-refractivity contribution in [3.8, 4) is 0 Å². The predicted molar refractivity (Wildman–Crippen MR) is 55.7 cm³/mol. The number of nitrogens with one attached hydrogen (secondary N) is 1. The monoisotopic (exact) mass is 197 g/mol. The third kappa shape index (κ3) is 3.40. The van der Waals surface area contributed by atoms with Crippen molar-refractivity contribution in [1.29, 1.82) is 0 Å². The van der Waals surface area contributed by atoms with Gasteiger partial charge in [0.25, 0.3) is 0 Å². The summed E-state index contributed by atoms with van der Waals surface area (Å²) in [7, 11) is 1.38. The van der Waals surface area contributed by atoms with E-state index in [1.165, 1.54) is 38.9 Å². The number of ether oxygens (including phenoxy) is 1. The summed E-state index contributed by atoms with van der Waals surface area (Å²) in [4.78, 5) is 10.7. The van der Waals surface area contributed by atoms with Crippen LogP contribution < -0.4 is 5.32 Å². The normalized spacial score (nSPS) is 19.9. The Morgan fingerprint density at radius 2 is 2.14 bits per heavy atom. The van der Waals surface area contributed by atoms with Gasteiger partial charge < -0.3 is 10.1 Å². The van der Waals surface area contributed by atoms with Crippen molar-refractivity contribution in [2.75, 3.05) is 13.7 Å². The molecule has 1 aliphatic rings. The molecule has 0 aromatic heterocycles. The first-order chi connectivity index (χ1) is 6.66. The average molecular weight is 197 g/mol. The first kappa shape index (κ1) is 11.1. The molecular weight excluding hydrogens is 178 g/mol. The molecule has 0 aromatic rings. The van der Waals surface area contributed by atoms with E-state index in [1.54, 1.807) is 6.20 Å². The Balaban J connectivity index is 2.20. The molecule has 1 aliphatic carbocycles. The van der Waals surface area contributed by atoms with E-state index in [0.717, 1.165) is 6.54 Å². The summed E-state index contributed by atoms with van der Waals surface area (Å²) in [6.07, 6.45) is 8.32. The van der Waals surface area contributed by atoms with Crippen LogP contribution in [-0.4, -0.2) is 19.6 Å². The molecule has 0 heterocycles. The van der Waals surface area contributed by atoms with Gasteiger partial charge in [-0.15, -0.1) is 0 Å². The molecule has 1 saturated carbocycles. The fourth-order valence-corrected chi connectivity index (χ4v) is 1.91. The highest BCUT2D eigenvalue weighted by Gasteiger charge is 2.27. The number of hydrogen-bond donors (Lipinski definition) is 1. The average Bonchev–Trinajstić information content (AvgIpc) is 2.60. The number of carbonyl (C=O) groups excluding carboxylic acids is 1. The number of esters is 1. The van der Waals surface area contributed by atoms with Crippen LogP contribution in [0.2, 0.25) is 0 Å². The Morgan fingerprint density at radius 1 is 1.50 bits per heavy atom. The molecular formula is C11H19NO2. The second-order valence-electron chi connectivity index (χ2n) is 4.26. The van der Waals surface area contributed by atoms with E-state index in [2.05, 4.69) is 17.0 Å². The van der Waals surface area contributed by atoms with Gasteiger partial charge >= 0.3 is 5.97 Å². The first-order valence-electron chi connectivity index (χ1n) is 5.14. The molecule has 0 unspecified atom stereocenters. The minimum absolute atomic E-state index is 0.311. The van der Waals surface area contributed by atoms with Crippen molar-refractivity contribution in [2.45, 2.75) is 32.6 Å². The van der Waals surface area contributed by atoms with Crippen molar-refractivity contribution >= 4 is 5.97 Å². The molecule has 0 amide bonds. The predicted octanol–water partition coefficient (Wildman–Crippen LogP) is 1.84. The van der Waals surface area contributed by atoms with Crippen molar-refractivity contribution in [3.05, 3.63) is 12.3 Å². The summed E-state index contributed by atoms with van der Waals surface area (Å²) in [5, 5.41) is 3.15. The summed E-state index contributed by atoms with van der Waals surface area (Å²) in [5.41, 5.74) is 0.417. The molecule has 14 heavy (non-hydrogen) atoms. The zero-order valence-electron chi connectivity index (χ0n) is 9.01. The maximum Gasteiger partial charge on any atom is 0.331 e. The summed E-state index contributed by atoms with van der Waals surface area (Å²) in [6.45, 7) is 3.24. The standard InChI is InChI=1S/C11H19NO2/c1-11(6-3-4-7-11)9-12-8-5-10(13)14-2/h5,8,12H,3-4,6-7,9H2,1-2H3/b8-5+. The van der Waals surface area contributed by atoms with Gasteiger partial charge in [-0.1, -0.05) is 19.8 Å². The van der Waals surface area contributed by atoms with E-state index < -0.39 is 0 Å². The molecule has 0 radical (unpaired) electrons. The van der Waals surface area contributed by atoms with Crippen LogP contribution in [-0.2, 0) is 9.53 Å². The summed E-state index contributed by atoms with van der Waals surface area (Å²) in [6, 6.07) is 0. The summed E-state index contributed by atoms with van der Waals surface area (Å²) >= 11 is 0. The van der Waals surface area contributed by atoms with Crippen LogP contribution >= 0.6 is 0 Å². The zero-order chi connectivity index (χ0) is 10.4. The summed E-state index contributed by atoms with van der Waals surface area (Å²) < 4.78 is 4.48. The fraction of sp³-hybridized carbons (Fsp3) is 0.727. The Hall–Kier alpha value is -0.990. The lowest BCUT2D eigenvalue weighted by atomic mass is 9.89. The minimum atomic E-state index is -0.311. The topological polar surface area (TPSA) is 38.3 Å². The number of methoxy groups -OCH3 is 1. The van der Waals surface area contributed by atoms with Crippen molar-refractivity contribution in [1.82, 2.24) is 5.32 Å². The van der Waals surface area contributed by atoms with E-state index in [1.807, 2.05) is 0 Å². The summed E-state index contributed by atoms with van der Waals surface area (Å²) in [5.74, 6) is -0.311. The Labute approximate surface area is 85.5 Å². The third-order valence-corrected chi connectivity index (χ3v) is 2.88. The lowest BCUT2D eigenvalue weighted by Gasteiger charge is -2.22. The van der Waals surface area contributed by atoms with Crippen LogP contribution in [0.25, 0.3) is 0 Å². The van der Waals surface area contributed by atoms with Crippen LogP contribution in [0.5, 0.6) is 0 Å². The van der Waals surface area contributed by atoms with E-state index >= 15 is 0 Å². The van der Waals surface area contributed by atoms with Crippen LogP contribution in [0.4, 0.5) is 0 Å². The Morgan fingerprint density at radius 3 is 2.71 bits per heavy atom. The second kappa shape index (κ2) is 5.03. The van der Waals surface area contributed by atoms with Gasteiger partial charge in [-0.3, -0.25) is 0 Å². The molecule has 0 saturated heterocycles. The van der Waals surface area contributed by atoms with Crippen LogP contribution in [0.15, 0.2) is 12.3 Å². The lowest BCUT2D eigenvalue weighted by molar-refractivity contribution is -0.134. The molecule has 0 aromatic carbocycles. The Kier molecular flexibility index (Phi) is 3.98. The van der Waals surface area contributed by atoms with Crippen molar-refractivity contribution in [2.24, 2.45) is 5.41 Å². The molecule has 0 atom stereocenters. The maximum atomic E-state index is 10.7. The van der Waals surface area contributed by atoms with Gasteiger partial charge in [0.2, 0.25) is 0 Å². The van der Waals surface area contributed by atoms with E-state index in [0.29, 0.717) is 5.41 Å². The van der Waals surface area contributed by atoms with Gasteiger partial charge in [0, 0.05) is 18.8 Å². The highest BCUT2D eigenvalue weighted by atomic mass is 16.5. The van der Waals surface area contributed by atoms with Gasteiger partial charge in [-0.25, -0.2) is 4.79 Å². The van der Waals surface area contributed by atoms with Gasteiger partial charge in [-0.05, 0) is 18.3 Å². The largest absolute Gasteiger partial charge is 0.466 e. The molecule has 3 heteroatoms. The quantitative estimate of drug-likeness (QED) is 0.552. The highest BCUT2D eigenvalue weighted by Crippen LogP contribution is 2.36. The van der Waals surface area contributed by atoms with Crippen molar-refractivity contribution in [3.63, 3.8) is 0 Å². The first-order valence-corrected chi connectivity index (χ1v) is 5.14. The molecule has 3 nitrogen and oxygen atoms in total. The molecule has 80 valence electrons. The van der Waals surface area contributed by atoms with E-state index in [4.69, 9.17) is 0 Å². The SMILES string of the molecule is COC(=O)/C=C/NCC1(C)CCCC1. The van der Waals surface area contributed by atoms with Crippen LogP contribution in [0.1, 0.15) is 32.6 Å². The molecule has 0 spiro atoms. The smallest absolute Gasteiger partial charge is 0.331 e. The van der Waals surface area contributed by atoms with Gasteiger partial charge in [-0.2, -0.15) is 0 Å². The molecule has 0 bridgehead atoms. The second-order valence-corrected chi connectivity index (χ2v) is 4.26. The van der Waals surface area contributed by atoms with Gasteiger partial charge in [0.15, 0.2) is 0 Å². The molecule has 0 aliphatic heterocycles.